The van der Waals surface area contributed by atoms with Crippen LogP contribution >= 0.6 is 0 Å². The Morgan fingerprint density at radius 2 is 2.05 bits per heavy atom. The molecule has 0 radical (unpaired) electrons. The molecule has 1 atom stereocenters. The highest BCUT2D eigenvalue weighted by Crippen LogP contribution is 2.26. The van der Waals surface area contributed by atoms with E-state index in [2.05, 4.69) is 10.2 Å². The van der Waals surface area contributed by atoms with Crippen LogP contribution in [-0.2, 0) is 4.79 Å². The van der Waals surface area contributed by atoms with Gasteiger partial charge >= 0.3 is 0 Å². The summed E-state index contributed by atoms with van der Waals surface area (Å²) in [6, 6.07) is 7.29. The Morgan fingerprint density at radius 3 is 2.73 bits per heavy atom. The molecule has 1 aromatic carbocycles. The number of nitrogens with zero attached hydrogens (tertiary/aromatic N) is 1. The molecular formula is C16H24N2O4. The number of hydrogen-bond acceptors (Lipinski definition) is 5. The fourth-order valence-electron chi connectivity index (χ4n) is 2.58. The quantitative estimate of drug-likeness (QED) is 0.738. The van der Waals surface area contributed by atoms with Crippen LogP contribution in [0.3, 0.4) is 0 Å². The number of aliphatic hydroxyl groups is 1. The number of para-hydroxylation sites is 2. The van der Waals surface area contributed by atoms with Crippen LogP contribution in [0.15, 0.2) is 24.3 Å². The number of carbonyl (C=O) groups is 1. The number of piperazine rings is 1. The van der Waals surface area contributed by atoms with Gasteiger partial charge in [-0.25, -0.2) is 0 Å². The van der Waals surface area contributed by atoms with Gasteiger partial charge in [0.25, 0.3) is 0 Å². The molecule has 6 heteroatoms. The van der Waals surface area contributed by atoms with Gasteiger partial charge in [0.15, 0.2) is 11.5 Å². The molecule has 1 heterocycles. The van der Waals surface area contributed by atoms with Crippen molar-refractivity contribution < 1.29 is 19.4 Å². The van der Waals surface area contributed by atoms with E-state index in [1.165, 1.54) is 0 Å². The van der Waals surface area contributed by atoms with Crippen molar-refractivity contribution in [3.63, 3.8) is 0 Å². The zero-order valence-electron chi connectivity index (χ0n) is 13.0. The monoisotopic (exact) mass is 308 g/mol. The first-order chi connectivity index (χ1) is 10.8. The van der Waals surface area contributed by atoms with Gasteiger partial charge in [-0.3, -0.25) is 9.69 Å². The summed E-state index contributed by atoms with van der Waals surface area (Å²) in [6.45, 7) is 5.04. The molecule has 6 nitrogen and oxygen atoms in total. The Hall–Kier alpha value is -1.79. The highest BCUT2D eigenvalue weighted by atomic mass is 16.5. The molecule has 0 aliphatic carbocycles. The molecule has 22 heavy (non-hydrogen) atoms. The van der Waals surface area contributed by atoms with Crippen molar-refractivity contribution in [1.29, 1.82) is 0 Å². The van der Waals surface area contributed by atoms with Crippen molar-refractivity contribution in [2.45, 2.75) is 19.4 Å². The van der Waals surface area contributed by atoms with E-state index in [9.17, 15) is 4.79 Å². The first kappa shape index (κ1) is 16.6. The number of rotatable bonds is 8. The lowest BCUT2D eigenvalue weighted by Crippen LogP contribution is -2.56. The molecule has 0 aromatic heterocycles. The van der Waals surface area contributed by atoms with Crippen molar-refractivity contribution in [2.75, 3.05) is 39.5 Å². The van der Waals surface area contributed by atoms with Gasteiger partial charge < -0.3 is 19.9 Å². The maximum atomic E-state index is 11.8. The molecule has 2 rings (SSSR count). The molecule has 122 valence electrons. The summed E-state index contributed by atoms with van der Waals surface area (Å²) < 4.78 is 11.3. The highest BCUT2D eigenvalue weighted by molar-refractivity contribution is 5.82. The minimum atomic E-state index is -0.274. The highest BCUT2D eigenvalue weighted by Gasteiger charge is 2.28. The molecule has 2 N–H and O–H groups in total. The van der Waals surface area contributed by atoms with E-state index >= 15 is 0 Å². The molecule has 0 spiro atoms. The average molecular weight is 308 g/mol. The summed E-state index contributed by atoms with van der Waals surface area (Å²) in [7, 11) is 0. The van der Waals surface area contributed by atoms with Crippen molar-refractivity contribution in [3.8, 4) is 11.5 Å². The van der Waals surface area contributed by atoms with Crippen LogP contribution in [0.5, 0.6) is 11.5 Å². The number of ether oxygens (including phenoxy) is 2. The Bertz CT molecular complexity index is 481. The van der Waals surface area contributed by atoms with E-state index in [0.29, 0.717) is 38.5 Å². The molecular weight excluding hydrogens is 284 g/mol. The molecule has 1 aromatic rings. The van der Waals surface area contributed by atoms with Crippen LogP contribution < -0.4 is 14.8 Å². The fourth-order valence-corrected chi connectivity index (χ4v) is 2.58. The van der Waals surface area contributed by atoms with Crippen molar-refractivity contribution >= 4 is 5.91 Å². The number of carbonyl (C=O) groups excluding carboxylic acids is 1. The zero-order valence-corrected chi connectivity index (χ0v) is 13.0. The summed E-state index contributed by atoms with van der Waals surface area (Å²) in [4.78, 5) is 13.9. The molecule has 1 fully saturated rings. The van der Waals surface area contributed by atoms with Crippen LogP contribution in [-0.4, -0.2) is 61.4 Å². The molecule has 1 aliphatic rings. The Labute approximate surface area is 131 Å². The zero-order chi connectivity index (χ0) is 15.8. The Balaban J connectivity index is 1.88. The number of hydrogen-bond donors (Lipinski definition) is 2. The largest absolute Gasteiger partial charge is 0.490 e. The van der Waals surface area contributed by atoms with Gasteiger partial charge in [-0.15, -0.1) is 0 Å². The third kappa shape index (κ3) is 4.35. The third-order valence-electron chi connectivity index (χ3n) is 3.63. The number of benzene rings is 1. The standard InChI is InChI=1S/C16H24N2O4/c1-2-21-14-5-3-4-6-15(14)22-12-10-18-9-8-17-16(20)13(18)7-11-19/h3-6,13,19H,2,7-12H2,1H3,(H,17,20). The predicted octanol–water partition coefficient (Wildman–Crippen LogP) is 0.647. The van der Waals surface area contributed by atoms with Crippen LogP contribution in [0, 0.1) is 0 Å². The molecule has 0 saturated carbocycles. The maximum absolute atomic E-state index is 11.8. The third-order valence-corrected chi connectivity index (χ3v) is 3.63. The van der Waals surface area contributed by atoms with Gasteiger partial charge in [0, 0.05) is 26.2 Å². The molecule has 1 saturated heterocycles. The van der Waals surface area contributed by atoms with E-state index in [-0.39, 0.29) is 18.6 Å². The second-order valence-corrected chi connectivity index (χ2v) is 5.08. The lowest BCUT2D eigenvalue weighted by atomic mass is 10.1. The summed E-state index contributed by atoms with van der Waals surface area (Å²) >= 11 is 0. The van der Waals surface area contributed by atoms with Gasteiger partial charge in [0.2, 0.25) is 5.91 Å². The predicted molar refractivity (Wildman–Crippen MR) is 83.2 cm³/mol. The summed E-state index contributed by atoms with van der Waals surface area (Å²) in [5, 5.41) is 11.9. The first-order valence-corrected chi connectivity index (χ1v) is 7.73. The van der Waals surface area contributed by atoms with Gasteiger partial charge in [-0.1, -0.05) is 12.1 Å². The number of amides is 1. The molecule has 0 bridgehead atoms. The lowest BCUT2D eigenvalue weighted by Gasteiger charge is -2.34. The fraction of sp³-hybridized carbons (Fsp3) is 0.562. The van der Waals surface area contributed by atoms with E-state index in [1.807, 2.05) is 31.2 Å². The minimum Gasteiger partial charge on any atom is -0.490 e. The molecule has 1 unspecified atom stereocenters. The van der Waals surface area contributed by atoms with E-state index in [4.69, 9.17) is 14.6 Å². The Morgan fingerprint density at radius 1 is 1.32 bits per heavy atom. The summed E-state index contributed by atoms with van der Waals surface area (Å²) in [5.74, 6) is 1.42. The average Bonchev–Trinajstić information content (AvgIpc) is 2.52. The van der Waals surface area contributed by atoms with Gasteiger partial charge in [-0.2, -0.15) is 0 Å². The lowest BCUT2D eigenvalue weighted by molar-refractivity contribution is -0.129. The summed E-state index contributed by atoms with van der Waals surface area (Å²) in [5.41, 5.74) is 0. The van der Waals surface area contributed by atoms with Crippen LogP contribution in [0.25, 0.3) is 0 Å². The van der Waals surface area contributed by atoms with Crippen molar-refractivity contribution in [2.24, 2.45) is 0 Å². The van der Waals surface area contributed by atoms with Gasteiger partial charge in [0.05, 0.1) is 12.6 Å². The van der Waals surface area contributed by atoms with Crippen molar-refractivity contribution in [1.82, 2.24) is 10.2 Å². The second-order valence-electron chi connectivity index (χ2n) is 5.08. The van der Waals surface area contributed by atoms with Crippen LogP contribution in [0.1, 0.15) is 13.3 Å². The minimum absolute atomic E-state index is 0.00260. The van der Waals surface area contributed by atoms with Crippen LogP contribution in [0.2, 0.25) is 0 Å². The SMILES string of the molecule is CCOc1ccccc1OCCN1CCNC(=O)C1CCO. The maximum Gasteiger partial charge on any atom is 0.237 e. The number of aliphatic hydroxyl groups excluding tert-OH is 1. The molecule has 1 aliphatic heterocycles. The molecule has 1 amide bonds. The van der Waals surface area contributed by atoms with Crippen LogP contribution in [0.4, 0.5) is 0 Å². The number of nitrogens with one attached hydrogen (secondary N) is 1. The van der Waals surface area contributed by atoms with E-state index in [1.54, 1.807) is 0 Å². The van der Waals surface area contributed by atoms with E-state index in [0.717, 1.165) is 12.3 Å². The Kier molecular flexibility index (Phi) is 6.48. The van der Waals surface area contributed by atoms with Crippen molar-refractivity contribution in [3.05, 3.63) is 24.3 Å². The first-order valence-electron chi connectivity index (χ1n) is 7.73. The topological polar surface area (TPSA) is 71.0 Å². The summed E-state index contributed by atoms with van der Waals surface area (Å²) in [6.07, 6.45) is 0.446. The second kappa shape index (κ2) is 8.60. The van der Waals surface area contributed by atoms with E-state index < -0.39 is 0 Å². The van der Waals surface area contributed by atoms with Gasteiger partial charge in [-0.05, 0) is 25.5 Å². The normalized spacial score (nSPS) is 18.8. The van der Waals surface area contributed by atoms with Gasteiger partial charge in [0.1, 0.15) is 6.61 Å². The smallest absolute Gasteiger partial charge is 0.237 e.